The van der Waals surface area contributed by atoms with Gasteiger partial charge in [-0.2, -0.15) is 5.26 Å². The highest BCUT2D eigenvalue weighted by Gasteiger charge is 2.92. The second kappa shape index (κ2) is 8.97. The third-order valence-electron chi connectivity index (χ3n) is 3.99. The molecule has 0 N–H and O–H groups in total. The fraction of sp³-hybridized carbons (Fsp3) is 0.867. The van der Waals surface area contributed by atoms with Crippen molar-refractivity contribution in [1.29, 1.82) is 5.26 Å². The molecule has 0 aromatic rings. The average molecular weight is 411 g/mol. The zero-order valence-corrected chi connectivity index (χ0v) is 17.6. The third kappa shape index (κ3) is 3.40. The molecule has 0 aliphatic heterocycles. The molecule has 0 radical (unpaired) electrons. The van der Waals surface area contributed by atoms with Gasteiger partial charge in [-0.3, -0.25) is 13.9 Å². The summed E-state index contributed by atoms with van der Waals surface area (Å²) in [6.07, 6.45) is -0.357. The Morgan fingerprint density at radius 1 is 0.885 bits per heavy atom. The number of nitriles is 1. The first-order chi connectivity index (χ1) is 12.2. The summed E-state index contributed by atoms with van der Waals surface area (Å²) in [5, 5.41) is 9.77. The summed E-state index contributed by atoms with van der Waals surface area (Å²) >= 11 is 0. The first kappa shape index (κ1) is 23.3. The van der Waals surface area contributed by atoms with Gasteiger partial charge in [0.15, 0.2) is 5.41 Å². The number of carbonyl (C=O) groups is 1. The average Bonchev–Trinajstić information content (AvgIpc) is 3.29. The molecule has 1 fully saturated rings. The lowest BCUT2D eigenvalue weighted by Crippen LogP contribution is -2.32. The Balaban J connectivity index is 3.70. The van der Waals surface area contributed by atoms with Crippen molar-refractivity contribution in [1.82, 2.24) is 0 Å². The van der Waals surface area contributed by atoms with Crippen molar-refractivity contribution in [3.63, 3.8) is 0 Å². The summed E-state index contributed by atoms with van der Waals surface area (Å²) in [5.74, 6) is -0.943. The molecular formula is C15H27NO8P2. The summed E-state index contributed by atoms with van der Waals surface area (Å²) in [4.78, 5) is 10.5. The van der Waals surface area contributed by atoms with Gasteiger partial charge in [0.25, 0.3) is 0 Å². The zero-order chi connectivity index (χ0) is 20.1. The molecule has 0 saturated heterocycles. The van der Waals surface area contributed by atoms with Crippen LogP contribution in [0, 0.1) is 16.7 Å². The van der Waals surface area contributed by atoms with Crippen LogP contribution >= 0.6 is 15.2 Å². The zero-order valence-electron chi connectivity index (χ0n) is 15.9. The Morgan fingerprint density at radius 2 is 1.27 bits per heavy atom. The molecule has 9 nitrogen and oxygen atoms in total. The van der Waals surface area contributed by atoms with Gasteiger partial charge >= 0.3 is 21.2 Å². The van der Waals surface area contributed by atoms with Crippen LogP contribution in [0.25, 0.3) is 0 Å². The molecule has 0 aromatic heterocycles. The summed E-state index contributed by atoms with van der Waals surface area (Å²) in [5.41, 5.74) is -2.00. The van der Waals surface area contributed by atoms with Crippen LogP contribution in [-0.4, -0.2) is 43.9 Å². The highest BCUT2D eigenvalue weighted by atomic mass is 31.2. The van der Waals surface area contributed by atoms with E-state index in [2.05, 4.69) is 0 Å². The number of hydrogen-bond acceptors (Lipinski definition) is 9. The maximum Gasteiger partial charge on any atom is 0.351 e. The first-order valence-electron chi connectivity index (χ1n) is 8.61. The van der Waals surface area contributed by atoms with Crippen molar-refractivity contribution in [2.75, 3.05) is 33.0 Å². The number of rotatable bonds is 12. The van der Waals surface area contributed by atoms with Crippen molar-refractivity contribution in [2.24, 2.45) is 5.41 Å². The quantitative estimate of drug-likeness (QED) is 0.349. The minimum absolute atomic E-state index is 0.000510. The van der Waals surface area contributed by atoms with E-state index in [1.165, 1.54) is 0 Å². The van der Waals surface area contributed by atoms with Crippen molar-refractivity contribution in [3.05, 3.63) is 0 Å². The molecule has 0 spiro atoms. The second-order valence-electron chi connectivity index (χ2n) is 5.40. The fourth-order valence-corrected chi connectivity index (χ4v) is 9.32. The Kier molecular flexibility index (Phi) is 8.04. The van der Waals surface area contributed by atoms with E-state index in [-0.39, 0.29) is 39.5 Å². The van der Waals surface area contributed by atoms with Gasteiger partial charge in [0.05, 0.1) is 39.1 Å². The molecule has 1 atom stereocenters. The van der Waals surface area contributed by atoms with Crippen molar-refractivity contribution < 1.29 is 36.8 Å². The number of carbonyl (C=O) groups excluding carboxylic acids is 1. The fourth-order valence-electron chi connectivity index (χ4n) is 2.98. The summed E-state index contributed by atoms with van der Waals surface area (Å²) < 4.78 is 53.7. The van der Waals surface area contributed by atoms with Crippen molar-refractivity contribution in [3.8, 4) is 6.07 Å². The SMILES string of the molecule is CCOC(=O)C1(C#N)CC1(P(=O)(OCC)OCC)P(=O)(OCC)OCC. The van der Waals surface area contributed by atoms with Crippen LogP contribution < -0.4 is 0 Å². The topological polar surface area (TPSA) is 121 Å². The molecule has 26 heavy (non-hydrogen) atoms. The lowest BCUT2D eigenvalue weighted by molar-refractivity contribution is -0.147. The van der Waals surface area contributed by atoms with Crippen LogP contribution in [0.3, 0.4) is 0 Å². The molecule has 150 valence electrons. The van der Waals surface area contributed by atoms with Gasteiger partial charge in [-0.1, -0.05) is 0 Å². The lowest BCUT2D eigenvalue weighted by atomic mass is 10.1. The summed E-state index contributed by atoms with van der Waals surface area (Å²) in [6, 6.07) is 1.83. The molecule has 0 heterocycles. The Hall–Kier alpha value is -0.740. The minimum Gasteiger partial charge on any atom is -0.465 e. The Morgan fingerprint density at radius 3 is 1.54 bits per heavy atom. The Labute approximate surface area is 154 Å². The maximum atomic E-state index is 13.6. The van der Waals surface area contributed by atoms with E-state index in [1.807, 2.05) is 6.07 Å². The monoisotopic (exact) mass is 411 g/mol. The molecule has 1 rings (SSSR count). The normalized spacial score (nSPS) is 21.8. The molecular weight excluding hydrogens is 384 g/mol. The highest BCUT2D eigenvalue weighted by molar-refractivity contribution is 7.75. The molecule has 1 saturated carbocycles. The summed E-state index contributed by atoms with van der Waals surface area (Å²) in [7, 11) is -8.49. The van der Waals surface area contributed by atoms with E-state index in [1.54, 1.807) is 34.6 Å². The predicted octanol–water partition coefficient (Wildman–Crippen LogP) is 3.69. The molecule has 0 bridgehead atoms. The largest absolute Gasteiger partial charge is 0.465 e. The van der Waals surface area contributed by atoms with Crippen LogP contribution in [-0.2, 0) is 36.8 Å². The number of ether oxygens (including phenoxy) is 1. The molecule has 0 amide bonds. The van der Waals surface area contributed by atoms with Gasteiger partial charge in [0.2, 0.25) is 4.90 Å². The number of nitrogens with zero attached hydrogens (tertiary/aromatic N) is 1. The highest BCUT2D eigenvalue weighted by Crippen LogP contribution is 2.93. The molecule has 11 heteroatoms. The van der Waals surface area contributed by atoms with Gasteiger partial charge in [-0.25, -0.2) is 0 Å². The lowest BCUT2D eigenvalue weighted by Gasteiger charge is -2.33. The number of hydrogen-bond donors (Lipinski definition) is 0. The maximum absolute atomic E-state index is 13.6. The molecule has 1 aliphatic carbocycles. The van der Waals surface area contributed by atoms with Gasteiger partial charge in [0, 0.05) is 6.42 Å². The van der Waals surface area contributed by atoms with Crippen LogP contribution in [0.15, 0.2) is 0 Å². The Bertz CT molecular complexity index is 596. The third-order valence-corrected chi connectivity index (χ3v) is 10.7. The first-order valence-corrected chi connectivity index (χ1v) is 11.7. The van der Waals surface area contributed by atoms with Crippen LogP contribution in [0.5, 0.6) is 0 Å². The molecule has 1 aliphatic rings. The van der Waals surface area contributed by atoms with E-state index in [4.69, 9.17) is 22.8 Å². The van der Waals surface area contributed by atoms with Gasteiger partial charge in [0.1, 0.15) is 0 Å². The van der Waals surface area contributed by atoms with Gasteiger partial charge in [-0.05, 0) is 34.6 Å². The molecule has 0 aromatic carbocycles. The van der Waals surface area contributed by atoms with E-state index in [0.29, 0.717) is 0 Å². The van der Waals surface area contributed by atoms with Crippen molar-refractivity contribution in [2.45, 2.75) is 45.9 Å². The smallest absolute Gasteiger partial charge is 0.351 e. The van der Waals surface area contributed by atoms with Crippen LogP contribution in [0.2, 0.25) is 0 Å². The van der Waals surface area contributed by atoms with E-state index in [9.17, 15) is 19.2 Å². The van der Waals surface area contributed by atoms with Gasteiger partial charge in [-0.15, -0.1) is 0 Å². The van der Waals surface area contributed by atoms with Crippen LogP contribution in [0.4, 0.5) is 0 Å². The van der Waals surface area contributed by atoms with Gasteiger partial charge < -0.3 is 22.8 Å². The van der Waals surface area contributed by atoms with E-state index >= 15 is 0 Å². The molecule has 1 unspecified atom stereocenters. The van der Waals surface area contributed by atoms with Crippen LogP contribution in [0.1, 0.15) is 41.0 Å². The van der Waals surface area contributed by atoms with E-state index in [0.717, 1.165) is 0 Å². The number of esters is 1. The standard InChI is InChI=1S/C15H27NO8P2/c1-6-20-13(17)14(12-16)11-15(14,25(18,21-7-2)22-8-3)26(19,23-9-4)24-10-5/h6-11H2,1-5H3. The summed E-state index contributed by atoms with van der Waals surface area (Å²) in [6.45, 7) is 7.71. The minimum atomic E-state index is -4.24. The van der Waals surface area contributed by atoms with E-state index < -0.39 is 31.5 Å². The predicted molar refractivity (Wildman–Crippen MR) is 93.7 cm³/mol. The van der Waals surface area contributed by atoms with Crippen molar-refractivity contribution >= 4 is 21.2 Å². The second-order valence-corrected chi connectivity index (χ2v) is 10.3.